The van der Waals surface area contributed by atoms with Crippen molar-refractivity contribution >= 4 is 6.09 Å². The summed E-state index contributed by atoms with van der Waals surface area (Å²) in [6.45, 7) is 5.04. The maximum Gasteiger partial charge on any atom is 0.409 e. The molecule has 0 bridgehead atoms. The number of carbonyl (C=O) groups excluding carboxylic acids is 1. The minimum Gasteiger partial charge on any atom is -0.449 e. The van der Waals surface area contributed by atoms with Crippen LogP contribution in [-0.4, -0.2) is 49.0 Å². The molecule has 0 aromatic heterocycles. The van der Waals surface area contributed by atoms with E-state index in [4.69, 9.17) is 9.94 Å². The van der Waals surface area contributed by atoms with E-state index in [0.717, 1.165) is 6.42 Å². The van der Waals surface area contributed by atoms with Crippen LogP contribution in [0.2, 0.25) is 0 Å². The molecule has 0 aromatic carbocycles. The Kier molecular flexibility index (Phi) is 8.51. The number of hydroxylamine groups is 1. The lowest BCUT2D eigenvalue weighted by Gasteiger charge is -2.15. The van der Waals surface area contributed by atoms with Crippen LogP contribution in [0, 0.1) is 0 Å². The Balaban J connectivity index is 0.00000106. The maximum absolute atomic E-state index is 11.3. The fourth-order valence-corrected chi connectivity index (χ4v) is 1.35. The lowest BCUT2D eigenvalue weighted by molar-refractivity contribution is 0.102. The predicted octanol–water partition coefficient (Wildman–Crippen LogP) is 0.327. The van der Waals surface area contributed by atoms with Crippen LogP contribution >= 0.6 is 0 Å². The van der Waals surface area contributed by atoms with Crippen molar-refractivity contribution in [1.82, 2.24) is 10.4 Å². The van der Waals surface area contributed by atoms with Crippen LogP contribution in [0.25, 0.3) is 0 Å². The molecule has 16 heavy (non-hydrogen) atoms. The average Bonchev–Trinajstić information content (AvgIpc) is 2.80. The van der Waals surface area contributed by atoms with Crippen molar-refractivity contribution in [3.8, 4) is 0 Å². The Morgan fingerprint density at radius 1 is 1.75 bits per heavy atom. The molecule has 1 saturated heterocycles. The number of rotatable bonds is 4. The summed E-state index contributed by atoms with van der Waals surface area (Å²) < 4.78 is 4.97. The number of nitrogens with one attached hydrogen (secondary N) is 1. The second kappa shape index (κ2) is 9.14. The predicted molar refractivity (Wildman–Crippen MR) is 61.2 cm³/mol. The number of nitrogens with two attached hydrogens (primary N) is 1. The van der Waals surface area contributed by atoms with Crippen LogP contribution < -0.4 is 11.2 Å². The molecule has 1 heterocycles. The number of hydrogen-bond donors (Lipinski definition) is 3. The van der Waals surface area contributed by atoms with Crippen molar-refractivity contribution in [3.05, 3.63) is 12.7 Å². The lowest BCUT2D eigenvalue weighted by Crippen LogP contribution is -2.34. The molecule has 1 aliphatic rings. The molecular weight excluding hydrogens is 210 g/mol. The molecule has 0 saturated carbocycles. The third-order valence-electron chi connectivity index (χ3n) is 2.18. The number of amides is 1. The van der Waals surface area contributed by atoms with Crippen molar-refractivity contribution in [2.45, 2.75) is 18.9 Å². The van der Waals surface area contributed by atoms with E-state index in [0.29, 0.717) is 26.1 Å². The zero-order valence-electron chi connectivity index (χ0n) is 9.69. The highest BCUT2D eigenvalue weighted by atomic mass is 16.6. The van der Waals surface area contributed by atoms with Crippen LogP contribution in [0.15, 0.2) is 12.7 Å². The molecule has 1 aliphatic heterocycles. The first kappa shape index (κ1) is 14.9. The Bertz CT molecular complexity index is 211. The maximum atomic E-state index is 11.3. The van der Waals surface area contributed by atoms with Crippen molar-refractivity contribution in [3.63, 3.8) is 0 Å². The van der Waals surface area contributed by atoms with Crippen LogP contribution in [0.3, 0.4) is 0 Å². The quantitative estimate of drug-likeness (QED) is 0.368. The summed E-state index contributed by atoms with van der Waals surface area (Å²) >= 11 is 0. The minimum atomic E-state index is -0.315. The largest absolute Gasteiger partial charge is 0.449 e. The molecule has 1 rings (SSSR count). The summed E-state index contributed by atoms with van der Waals surface area (Å²) in [5.74, 6) is 0. The van der Waals surface area contributed by atoms with Gasteiger partial charge in [0.15, 0.2) is 0 Å². The molecule has 1 atom stereocenters. The normalized spacial score (nSPS) is 18.7. The highest BCUT2D eigenvalue weighted by Gasteiger charge is 2.26. The highest BCUT2D eigenvalue weighted by molar-refractivity contribution is 5.68. The van der Waals surface area contributed by atoms with Crippen LogP contribution in [-0.2, 0) is 4.74 Å². The van der Waals surface area contributed by atoms with Crippen LogP contribution in [0.5, 0.6) is 0 Å². The van der Waals surface area contributed by atoms with Gasteiger partial charge in [-0.1, -0.05) is 6.08 Å². The number of carbonyl (C=O) groups is 1. The molecular formula is C10H21N3O3. The van der Waals surface area contributed by atoms with Gasteiger partial charge < -0.3 is 20.6 Å². The summed E-state index contributed by atoms with van der Waals surface area (Å²) in [7, 11) is 1.50. The van der Waals surface area contributed by atoms with E-state index in [9.17, 15) is 4.79 Å². The highest BCUT2D eigenvalue weighted by Crippen LogP contribution is 2.09. The second-order valence-corrected chi connectivity index (χ2v) is 3.25. The first-order valence-corrected chi connectivity index (χ1v) is 5.28. The monoisotopic (exact) mass is 231 g/mol. The van der Waals surface area contributed by atoms with E-state index in [2.05, 4.69) is 17.8 Å². The Hall–Kier alpha value is -1.11. The Morgan fingerprint density at radius 2 is 2.44 bits per heavy atom. The van der Waals surface area contributed by atoms with Gasteiger partial charge in [0.05, 0.1) is 12.6 Å². The zero-order chi connectivity index (χ0) is 12.4. The van der Waals surface area contributed by atoms with Crippen molar-refractivity contribution in [1.29, 1.82) is 0 Å². The SMILES string of the molecule is C=CCCOC(=O)N1CCC(NO)C1.CN. The molecule has 1 fully saturated rings. The van der Waals surface area contributed by atoms with E-state index in [1.54, 1.807) is 11.0 Å². The zero-order valence-corrected chi connectivity index (χ0v) is 9.69. The number of nitrogens with zero attached hydrogens (tertiary/aromatic N) is 1. The summed E-state index contributed by atoms with van der Waals surface area (Å²) in [4.78, 5) is 12.9. The van der Waals surface area contributed by atoms with E-state index in [1.807, 2.05) is 0 Å². The molecule has 0 aromatic rings. The first-order valence-electron chi connectivity index (χ1n) is 5.28. The standard InChI is InChI=1S/C9H16N2O3.CH5N/c1-2-3-6-14-9(12)11-5-4-8(7-11)10-13;1-2/h2,8,10,13H,1,3-7H2;2H2,1H3. The average molecular weight is 231 g/mol. The summed E-state index contributed by atoms with van der Waals surface area (Å²) in [6, 6.07) is -0.0260. The van der Waals surface area contributed by atoms with Gasteiger partial charge in [0.2, 0.25) is 0 Å². The fourth-order valence-electron chi connectivity index (χ4n) is 1.35. The molecule has 1 unspecified atom stereocenters. The molecule has 94 valence electrons. The fraction of sp³-hybridized carbons (Fsp3) is 0.700. The summed E-state index contributed by atoms with van der Waals surface area (Å²) in [5, 5.41) is 8.64. The van der Waals surface area contributed by atoms with E-state index in [-0.39, 0.29) is 12.1 Å². The van der Waals surface area contributed by atoms with Gasteiger partial charge in [0, 0.05) is 13.1 Å². The molecule has 0 aliphatic carbocycles. The summed E-state index contributed by atoms with van der Waals surface area (Å²) in [6.07, 6.45) is 2.81. The molecule has 6 nitrogen and oxygen atoms in total. The van der Waals surface area contributed by atoms with Gasteiger partial charge in [-0.2, -0.15) is 0 Å². The molecule has 6 heteroatoms. The second-order valence-electron chi connectivity index (χ2n) is 3.25. The van der Waals surface area contributed by atoms with Gasteiger partial charge in [0.25, 0.3) is 0 Å². The third-order valence-corrected chi connectivity index (χ3v) is 2.18. The Morgan fingerprint density at radius 3 is 2.94 bits per heavy atom. The lowest BCUT2D eigenvalue weighted by atomic mass is 10.3. The third kappa shape index (κ3) is 5.11. The van der Waals surface area contributed by atoms with E-state index in [1.165, 1.54) is 7.05 Å². The Labute approximate surface area is 96.0 Å². The van der Waals surface area contributed by atoms with Gasteiger partial charge in [-0.25, -0.2) is 10.3 Å². The van der Waals surface area contributed by atoms with Gasteiger partial charge in [0.1, 0.15) is 0 Å². The van der Waals surface area contributed by atoms with Crippen LogP contribution in [0.4, 0.5) is 4.79 Å². The van der Waals surface area contributed by atoms with E-state index >= 15 is 0 Å². The van der Waals surface area contributed by atoms with Crippen molar-refractivity contribution in [2.24, 2.45) is 5.73 Å². The number of likely N-dealkylation sites (tertiary alicyclic amines) is 1. The topological polar surface area (TPSA) is 87.8 Å². The van der Waals surface area contributed by atoms with Crippen LogP contribution in [0.1, 0.15) is 12.8 Å². The van der Waals surface area contributed by atoms with Crippen molar-refractivity contribution in [2.75, 3.05) is 26.7 Å². The van der Waals surface area contributed by atoms with Crippen molar-refractivity contribution < 1.29 is 14.7 Å². The smallest absolute Gasteiger partial charge is 0.409 e. The minimum absolute atomic E-state index is 0.0260. The van der Waals surface area contributed by atoms with Gasteiger partial charge in [-0.15, -0.1) is 6.58 Å². The summed E-state index contributed by atoms with van der Waals surface area (Å²) in [5.41, 5.74) is 6.65. The molecule has 1 amide bonds. The van der Waals surface area contributed by atoms with Gasteiger partial charge in [-0.05, 0) is 19.9 Å². The molecule has 0 spiro atoms. The first-order chi connectivity index (χ1) is 7.77. The number of ether oxygens (including phenoxy) is 1. The van der Waals surface area contributed by atoms with E-state index < -0.39 is 0 Å². The number of hydrogen-bond acceptors (Lipinski definition) is 5. The van der Waals surface area contributed by atoms with Gasteiger partial charge >= 0.3 is 6.09 Å². The van der Waals surface area contributed by atoms with Gasteiger partial charge in [-0.3, -0.25) is 0 Å². The molecule has 0 radical (unpaired) electrons. The molecule has 4 N–H and O–H groups in total.